The lowest BCUT2D eigenvalue weighted by molar-refractivity contribution is -0.173. The van der Waals surface area contributed by atoms with Crippen LogP contribution in [0.25, 0.3) is 0 Å². The molecular weight excluding hydrogens is 353 g/mol. The molecule has 0 saturated heterocycles. The minimum atomic E-state index is -4.44. The first-order chi connectivity index (χ1) is 11.8. The van der Waals surface area contributed by atoms with E-state index in [1.165, 1.54) is 17.5 Å². The molecule has 3 atom stereocenters. The standard InChI is InChI=1S/C16H19F3N4OS/c1-3-9(2)21-15(24)10-8-20-23-13(16(17,18)19)7-11(22-14(10)23)12-5-4-6-25-12/h4-6,8-9,11,13,22H,3,7H2,1-2H3,(H,21,24)/t9-,11-,13+/m0/s1. The molecule has 136 valence electrons. The van der Waals surface area contributed by atoms with E-state index in [9.17, 15) is 18.0 Å². The Kier molecular flexibility index (Phi) is 4.77. The van der Waals surface area contributed by atoms with E-state index in [2.05, 4.69) is 15.7 Å². The topological polar surface area (TPSA) is 59.0 Å². The molecule has 0 fully saturated rings. The molecule has 0 bridgehead atoms. The zero-order chi connectivity index (χ0) is 18.2. The molecule has 3 rings (SSSR count). The van der Waals surface area contributed by atoms with Crippen LogP contribution in [0.3, 0.4) is 0 Å². The molecule has 3 heterocycles. The number of fused-ring (bicyclic) bond motifs is 1. The molecule has 1 aliphatic heterocycles. The number of hydrogen-bond acceptors (Lipinski definition) is 4. The molecule has 0 radical (unpaired) electrons. The van der Waals surface area contributed by atoms with Gasteiger partial charge in [0, 0.05) is 17.3 Å². The second kappa shape index (κ2) is 6.70. The van der Waals surface area contributed by atoms with E-state index in [0.29, 0.717) is 0 Å². The van der Waals surface area contributed by atoms with Crippen molar-refractivity contribution in [1.82, 2.24) is 15.1 Å². The van der Waals surface area contributed by atoms with Gasteiger partial charge < -0.3 is 10.6 Å². The van der Waals surface area contributed by atoms with Gasteiger partial charge in [-0.1, -0.05) is 13.0 Å². The minimum Gasteiger partial charge on any atom is -0.362 e. The molecule has 9 heteroatoms. The largest absolute Gasteiger partial charge is 0.410 e. The minimum absolute atomic E-state index is 0.0712. The van der Waals surface area contributed by atoms with Gasteiger partial charge in [0.1, 0.15) is 11.4 Å². The Bertz CT molecular complexity index is 741. The Hall–Kier alpha value is -2.03. The van der Waals surface area contributed by atoms with E-state index >= 15 is 0 Å². The van der Waals surface area contributed by atoms with Crippen LogP contribution in [0, 0.1) is 0 Å². The SMILES string of the molecule is CC[C@H](C)NC(=O)c1cnn2c1N[C@H](c1cccs1)C[C@@H]2C(F)(F)F. The summed E-state index contributed by atoms with van der Waals surface area (Å²) in [5, 5.41) is 11.5. The van der Waals surface area contributed by atoms with Crippen molar-refractivity contribution in [1.29, 1.82) is 0 Å². The van der Waals surface area contributed by atoms with Crippen molar-refractivity contribution < 1.29 is 18.0 Å². The molecular formula is C16H19F3N4OS. The fourth-order valence-corrected chi connectivity index (χ4v) is 3.60. The molecule has 0 spiro atoms. The van der Waals surface area contributed by atoms with Crippen LogP contribution in [0.2, 0.25) is 0 Å². The summed E-state index contributed by atoms with van der Waals surface area (Å²) in [7, 11) is 0. The number of hydrogen-bond donors (Lipinski definition) is 2. The lowest BCUT2D eigenvalue weighted by Gasteiger charge is -2.33. The molecule has 2 N–H and O–H groups in total. The quantitative estimate of drug-likeness (QED) is 0.848. The molecule has 2 aromatic rings. The van der Waals surface area contributed by atoms with E-state index in [4.69, 9.17) is 0 Å². The maximum absolute atomic E-state index is 13.5. The van der Waals surface area contributed by atoms with Gasteiger partial charge in [0.05, 0.1) is 12.2 Å². The highest BCUT2D eigenvalue weighted by molar-refractivity contribution is 7.10. The number of carbonyl (C=O) groups excluding carboxylic acids is 1. The van der Waals surface area contributed by atoms with Crippen LogP contribution in [0.15, 0.2) is 23.7 Å². The summed E-state index contributed by atoms with van der Waals surface area (Å²) in [6.07, 6.45) is -2.67. The van der Waals surface area contributed by atoms with Crippen molar-refractivity contribution in [2.24, 2.45) is 0 Å². The Labute approximate surface area is 147 Å². The maximum Gasteiger partial charge on any atom is 0.410 e. The fraction of sp³-hybridized carbons (Fsp3) is 0.500. The van der Waals surface area contributed by atoms with Crippen molar-refractivity contribution in [3.05, 3.63) is 34.2 Å². The van der Waals surface area contributed by atoms with Crippen LogP contribution in [-0.4, -0.2) is 27.9 Å². The van der Waals surface area contributed by atoms with E-state index < -0.39 is 24.2 Å². The second-order valence-electron chi connectivity index (χ2n) is 6.14. The molecule has 1 amide bonds. The number of nitrogens with one attached hydrogen (secondary N) is 2. The van der Waals surface area contributed by atoms with Crippen molar-refractivity contribution in [3.63, 3.8) is 0 Å². The summed E-state index contributed by atoms with van der Waals surface area (Å²) >= 11 is 1.39. The van der Waals surface area contributed by atoms with Gasteiger partial charge in [-0.15, -0.1) is 11.3 Å². The lowest BCUT2D eigenvalue weighted by Crippen LogP contribution is -2.37. The van der Waals surface area contributed by atoms with Crippen LogP contribution >= 0.6 is 11.3 Å². The predicted octanol–water partition coefficient (Wildman–Crippen LogP) is 4.13. The highest BCUT2D eigenvalue weighted by atomic mass is 32.1. The smallest absolute Gasteiger partial charge is 0.362 e. The highest BCUT2D eigenvalue weighted by Crippen LogP contribution is 2.44. The van der Waals surface area contributed by atoms with Gasteiger partial charge in [-0.3, -0.25) is 4.79 Å². The van der Waals surface area contributed by atoms with Crippen LogP contribution in [0.4, 0.5) is 19.0 Å². The van der Waals surface area contributed by atoms with Crippen molar-refractivity contribution in [2.45, 2.75) is 51.0 Å². The van der Waals surface area contributed by atoms with Crippen LogP contribution < -0.4 is 10.6 Å². The molecule has 5 nitrogen and oxygen atoms in total. The number of anilines is 1. The zero-order valence-electron chi connectivity index (χ0n) is 13.8. The van der Waals surface area contributed by atoms with Crippen LogP contribution in [0.1, 0.15) is 54.0 Å². The monoisotopic (exact) mass is 372 g/mol. The highest BCUT2D eigenvalue weighted by Gasteiger charge is 2.47. The number of carbonyl (C=O) groups is 1. The summed E-state index contributed by atoms with van der Waals surface area (Å²) in [6, 6.07) is 1.25. The predicted molar refractivity (Wildman–Crippen MR) is 89.8 cm³/mol. The van der Waals surface area contributed by atoms with Crippen LogP contribution in [0.5, 0.6) is 0 Å². The number of rotatable bonds is 4. The van der Waals surface area contributed by atoms with Crippen molar-refractivity contribution in [3.8, 4) is 0 Å². The van der Waals surface area contributed by atoms with Gasteiger partial charge >= 0.3 is 6.18 Å². The zero-order valence-corrected chi connectivity index (χ0v) is 14.6. The van der Waals surface area contributed by atoms with E-state index in [1.807, 2.05) is 19.2 Å². The first-order valence-corrected chi connectivity index (χ1v) is 8.94. The summed E-state index contributed by atoms with van der Waals surface area (Å²) in [6.45, 7) is 3.76. The number of aromatic nitrogens is 2. The molecule has 1 aliphatic rings. The number of halogens is 3. The van der Waals surface area contributed by atoms with E-state index in [0.717, 1.165) is 16.0 Å². The average Bonchev–Trinajstić information content (AvgIpc) is 3.22. The lowest BCUT2D eigenvalue weighted by atomic mass is 10.0. The third-order valence-electron chi connectivity index (χ3n) is 4.36. The first kappa shape index (κ1) is 17.8. The fourth-order valence-electron chi connectivity index (χ4n) is 2.81. The first-order valence-electron chi connectivity index (χ1n) is 8.06. The van der Waals surface area contributed by atoms with Gasteiger partial charge in [-0.05, 0) is 24.8 Å². The van der Waals surface area contributed by atoms with Gasteiger partial charge in [-0.2, -0.15) is 18.3 Å². The molecule has 2 aromatic heterocycles. The Balaban J connectivity index is 1.97. The molecule has 0 aromatic carbocycles. The summed E-state index contributed by atoms with van der Waals surface area (Å²) < 4.78 is 41.5. The normalized spacial score (nSPS) is 21.3. The molecule has 25 heavy (non-hydrogen) atoms. The average molecular weight is 372 g/mol. The van der Waals surface area contributed by atoms with Gasteiger partial charge in [0.2, 0.25) is 0 Å². The summed E-state index contributed by atoms with van der Waals surface area (Å²) in [5.41, 5.74) is 0.135. The number of alkyl halides is 3. The van der Waals surface area contributed by atoms with Crippen molar-refractivity contribution >= 4 is 23.1 Å². The molecule has 0 saturated carbocycles. The maximum atomic E-state index is 13.5. The Morgan fingerprint density at radius 2 is 2.32 bits per heavy atom. The second-order valence-corrected chi connectivity index (χ2v) is 7.12. The summed E-state index contributed by atoms with van der Waals surface area (Å²) in [4.78, 5) is 13.2. The van der Waals surface area contributed by atoms with Crippen molar-refractivity contribution in [2.75, 3.05) is 5.32 Å². The van der Waals surface area contributed by atoms with Gasteiger partial charge in [-0.25, -0.2) is 4.68 Å². The summed E-state index contributed by atoms with van der Waals surface area (Å²) in [5.74, 6) is -0.302. The number of thiophene rings is 1. The molecule has 0 aliphatic carbocycles. The van der Waals surface area contributed by atoms with Crippen LogP contribution in [-0.2, 0) is 0 Å². The van der Waals surface area contributed by atoms with E-state index in [-0.39, 0.29) is 23.8 Å². The third kappa shape index (κ3) is 3.51. The molecule has 0 unspecified atom stereocenters. The Morgan fingerprint density at radius 1 is 1.56 bits per heavy atom. The van der Waals surface area contributed by atoms with E-state index in [1.54, 1.807) is 12.1 Å². The Morgan fingerprint density at radius 3 is 2.92 bits per heavy atom. The van der Waals surface area contributed by atoms with Gasteiger partial charge in [0.15, 0.2) is 6.04 Å². The number of nitrogens with zero attached hydrogens (tertiary/aromatic N) is 2. The number of amides is 1. The third-order valence-corrected chi connectivity index (χ3v) is 5.35. The van der Waals surface area contributed by atoms with Gasteiger partial charge in [0.25, 0.3) is 5.91 Å².